The van der Waals surface area contributed by atoms with Gasteiger partial charge in [-0.25, -0.2) is 0 Å². The van der Waals surface area contributed by atoms with Gasteiger partial charge in [0.2, 0.25) is 6.29 Å². The average Bonchev–Trinajstić information content (AvgIpc) is 2.47. The summed E-state index contributed by atoms with van der Waals surface area (Å²) in [5, 5.41) is 19.9. The van der Waals surface area contributed by atoms with Crippen molar-refractivity contribution in [3.63, 3.8) is 0 Å². The van der Waals surface area contributed by atoms with Crippen LogP contribution in [0.4, 0.5) is 0 Å². The molecule has 0 aliphatic carbocycles. The Morgan fingerprint density at radius 1 is 1.19 bits per heavy atom. The maximum absolute atomic E-state index is 10.9. The molecule has 1 fully saturated rings. The first-order chi connectivity index (χ1) is 10.0. The third kappa shape index (κ3) is 3.84. The first-order valence-electron chi connectivity index (χ1n) is 6.47. The van der Waals surface area contributed by atoms with E-state index in [4.69, 9.17) is 18.9 Å². The molecule has 2 rings (SSSR count). The molecule has 0 radical (unpaired) electrons. The van der Waals surface area contributed by atoms with Crippen LogP contribution in [0.15, 0.2) is 24.3 Å². The summed E-state index contributed by atoms with van der Waals surface area (Å²) >= 11 is 0. The molecule has 0 amide bonds. The van der Waals surface area contributed by atoms with Gasteiger partial charge in [-0.2, -0.15) is 0 Å². The average molecular weight is 298 g/mol. The number of esters is 1. The molecule has 1 aliphatic rings. The predicted molar refractivity (Wildman–Crippen MR) is 70.9 cm³/mol. The van der Waals surface area contributed by atoms with Crippen LogP contribution in [0.2, 0.25) is 0 Å². The lowest BCUT2D eigenvalue weighted by molar-refractivity contribution is -0.247. The molecule has 2 N–H and O–H groups in total. The number of methoxy groups -OCH3 is 1. The molecule has 0 bridgehead atoms. The molecule has 1 aromatic carbocycles. The molecule has 0 unspecified atom stereocenters. The van der Waals surface area contributed by atoms with Crippen LogP contribution in [-0.2, 0) is 14.3 Å². The van der Waals surface area contributed by atoms with E-state index in [1.165, 1.54) is 6.92 Å². The van der Waals surface area contributed by atoms with Gasteiger partial charge in [0.1, 0.15) is 23.7 Å². The SMILES string of the molecule is COc1ccc(O[C@@H]2OC[C@H](OC(C)=O)[C@H](O)[C@H]2O)cc1. The van der Waals surface area contributed by atoms with Crippen molar-refractivity contribution in [2.75, 3.05) is 13.7 Å². The third-order valence-corrected chi connectivity index (χ3v) is 3.06. The van der Waals surface area contributed by atoms with Gasteiger partial charge in [0.15, 0.2) is 6.10 Å². The lowest BCUT2D eigenvalue weighted by Crippen LogP contribution is -2.56. The molecule has 4 atom stereocenters. The molecular formula is C14H18O7. The van der Waals surface area contributed by atoms with Crippen LogP contribution in [-0.4, -0.2) is 54.5 Å². The Morgan fingerprint density at radius 2 is 1.81 bits per heavy atom. The molecule has 1 saturated heterocycles. The summed E-state index contributed by atoms with van der Waals surface area (Å²) in [7, 11) is 1.55. The first-order valence-corrected chi connectivity index (χ1v) is 6.47. The topological polar surface area (TPSA) is 94.5 Å². The second kappa shape index (κ2) is 6.75. The molecule has 7 heteroatoms. The minimum absolute atomic E-state index is 0.0569. The van der Waals surface area contributed by atoms with Gasteiger partial charge in [-0.15, -0.1) is 0 Å². The number of ether oxygens (including phenoxy) is 4. The Bertz CT molecular complexity index is 473. The number of aliphatic hydroxyl groups excluding tert-OH is 2. The molecule has 1 aliphatic heterocycles. The molecule has 116 valence electrons. The van der Waals surface area contributed by atoms with Crippen molar-refractivity contribution in [1.29, 1.82) is 0 Å². The molecule has 1 heterocycles. The summed E-state index contributed by atoms with van der Waals surface area (Å²) in [6.07, 6.45) is -4.55. The standard InChI is InChI=1S/C14H18O7/c1-8(15)20-11-7-19-14(13(17)12(11)16)21-10-5-3-9(18-2)4-6-10/h3-6,11-14,16-17H,7H2,1-2H3/t11-,12-,13+,14-/m0/s1. The zero-order chi connectivity index (χ0) is 15.4. The summed E-state index contributed by atoms with van der Waals surface area (Å²) in [4.78, 5) is 10.9. The van der Waals surface area contributed by atoms with Crippen molar-refractivity contribution in [2.45, 2.75) is 31.5 Å². The monoisotopic (exact) mass is 298 g/mol. The van der Waals surface area contributed by atoms with E-state index in [0.717, 1.165) is 0 Å². The lowest BCUT2D eigenvalue weighted by Gasteiger charge is -2.36. The zero-order valence-corrected chi connectivity index (χ0v) is 11.8. The van der Waals surface area contributed by atoms with Crippen LogP contribution in [0.5, 0.6) is 11.5 Å². The van der Waals surface area contributed by atoms with Gasteiger partial charge in [0, 0.05) is 6.92 Å². The quantitative estimate of drug-likeness (QED) is 0.760. The highest BCUT2D eigenvalue weighted by molar-refractivity contribution is 5.66. The summed E-state index contributed by atoms with van der Waals surface area (Å²) in [5.41, 5.74) is 0. The Morgan fingerprint density at radius 3 is 2.38 bits per heavy atom. The van der Waals surface area contributed by atoms with Crippen LogP contribution < -0.4 is 9.47 Å². The minimum atomic E-state index is -1.33. The number of aliphatic hydroxyl groups is 2. The largest absolute Gasteiger partial charge is 0.497 e. The Labute approximate surface area is 122 Å². The highest BCUT2D eigenvalue weighted by Gasteiger charge is 2.41. The van der Waals surface area contributed by atoms with Crippen LogP contribution in [0.1, 0.15) is 6.92 Å². The number of carbonyl (C=O) groups is 1. The summed E-state index contributed by atoms with van der Waals surface area (Å²) < 4.78 is 20.6. The van der Waals surface area contributed by atoms with Crippen LogP contribution >= 0.6 is 0 Å². The van der Waals surface area contributed by atoms with E-state index in [1.54, 1.807) is 31.4 Å². The third-order valence-electron chi connectivity index (χ3n) is 3.06. The van der Waals surface area contributed by atoms with Gasteiger partial charge < -0.3 is 29.2 Å². The van der Waals surface area contributed by atoms with E-state index in [-0.39, 0.29) is 6.61 Å². The maximum atomic E-state index is 10.9. The van der Waals surface area contributed by atoms with Gasteiger partial charge in [-0.05, 0) is 24.3 Å². The van der Waals surface area contributed by atoms with E-state index in [1.807, 2.05) is 0 Å². The molecule has 0 spiro atoms. The van der Waals surface area contributed by atoms with E-state index >= 15 is 0 Å². The molecule has 7 nitrogen and oxygen atoms in total. The highest BCUT2D eigenvalue weighted by Crippen LogP contribution is 2.23. The van der Waals surface area contributed by atoms with Crippen molar-refractivity contribution >= 4 is 5.97 Å². The van der Waals surface area contributed by atoms with Crippen molar-refractivity contribution in [3.05, 3.63) is 24.3 Å². The van der Waals surface area contributed by atoms with Gasteiger partial charge in [0.05, 0.1) is 13.7 Å². The van der Waals surface area contributed by atoms with E-state index < -0.39 is 30.6 Å². The summed E-state index contributed by atoms with van der Waals surface area (Å²) in [6, 6.07) is 6.70. The second-order valence-electron chi connectivity index (χ2n) is 4.62. The van der Waals surface area contributed by atoms with E-state index in [2.05, 4.69) is 0 Å². The van der Waals surface area contributed by atoms with Crippen molar-refractivity contribution < 1.29 is 34.0 Å². The van der Waals surface area contributed by atoms with E-state index in [9.17, 15) is 15.0 Å². The Hall–Kier alpha value is -1.83. The Balaban J connectivity index is 1.97. The molecule has 0 saturated carbocycles. The smallest absolute Gasteiger partial charge is 0.303 e. The van der Waals surface area contributed by atoms with Crippen molar-refractivity contribution in [1.82, 2.24) is 0 Å². The fraction of sp³-hybridized carbons (Fsp3) is 0.500. The Kier molecular flexibility index (Phi) is 5.00. The first kappa shape index (κ1) is 15.6. The number of carbonyl (C=O) groups excluding carboxylic acids is 1. The van der Waals surface area contributed by atoms with E-state index in [0.29, 0.717) is 11.5 Å². The van der Waals surface area contributed by atoms with Crippen molar-refractivity contribution in [2.24, 2.45) is 0 Å². The number of rotatable bonds is 4. The van der Waals surface area contributed by atoms with Gasteiger partial charge >= 0.3 is 5.97 Å². The second-order valence-corrected chi connectivity index (χ2v) is 4.62. The van der Waals surface area contributed by atoms with Gasteiger partial charge in [0.25, 0.3) is 0 Å². The number of benzene rings is 1. The highest BCUT2D eigenvalue weighted by atomic mass is 16.7. The van der Waals surface area contributed by atoms with Gasteiger partial charge in [-0.3, -0.25) is 4.79 Å². The molecular weight excluding hydrogens is 280 g/mol. The van der Waals surface area contributed by atoms with Crippen LogP contribution in [0, 0.1) is 0 Å². The normalized spacial score (nSPS) is 28.8. The van der Waals surface area contributed by atoms with Crippen LogP contribution in [0.3, 0.4) is 0 Å². The summed E-state index contributed by atoms with van der Waals surface area (Å²) in [6.45, 7) is 1.16. The lowest BCUT2D eigenvalue weighted by atomic mass is 10.1. The zero-order valence-electron chi connectivity index (χ0n) is 11.8. The fourth-order valence-corrected chi connectivity index (χ4v) is 1.98. The number of hydrogen-bond donors (Lipinski definition) is 2. The number of hydrogen-bond acceptors (Lipinski definition) is 7. The summed E-state index contributed by atoms with van der Waals surface area (Å²) in [5.74, 6) is 0.574. The fourth-order valence-electron chi connectivity index (χ4n) is 1.98. The molecule has 1 aromatic rings. The van der Waals surface area contributed by atoms with Crippen LogP contribution in [0.25, 0.3) is 0 Å². The predicted octanol–water partition coefficient (Wildman–Crippen LogP) is 0.0838. The molecule has 21 heavy (non-hydrogen) atoms. The molecule has 0 aromatic heterocycles. The van der Waals surface area contributed by atoms with Crippen molar-refractivity contribution in [3.8, 4) is 11.5 Å². The van der Waals surface area contributed by atoms with Gasteiger partial charge in [-0.1, -0.05) is 0 Å². The minimum Gasteiger partial charge on any atom is -0.497 e. The maximum Gasteiger partial charge on any atom is 0.303 e.